The Kier molecular flexibility index (Phi) is 4.27. The number of para-hydroxylation sites is 2. The molecule has 1 N–H and O–H groups in total. The molecule has 25 heavy (non-hydrogen) atoms. The summed E-state index contributed by atoms with van der Waals surface area (Å²) in [7, 11) is 2.08. The summed E-state index contributed by atoms with van der Waals surface area (Å²) in [4.78, 5) is 20.7. The minimum Gasteiger partial charge on any atom is -0.322 e. The molecule has 4 rings (SSSR count). The van der Waals surface area contributed by atoms with E-state index in [9.17, 15) is 4.79 Å². The van der Waals surface area contributed by atoms with Crippen molar-refractivity contribution < 1.29 is 9.69 Å². The molecule has 0 fully saturated rings. The largest absolute Gasteiger partial charge is 0.322 e. The van der Waals surface area contributed by atoms with Crippen LogP contribution in [0.15, 0.2) is 48.5 Å². The number of amides is 1. The van der Waals surface area contributed by atoms with E-state index in [2.05, 4.69) is 26.1 Å². The summed E-state index contributed by atoms with van der Waals surface area (Å²) in [5.74, 6) is 0.190. The Balaban J connectivity index is 1.48. The number of thiazole rings is 1. The monoisotopic (exact) mass is 352 g/mol. The van der Waals surface area contributed by atoms with Crippen molar-refractivity contribution in [2.75, 3.05) is 25.0 Å². The highest BCUT2D eigenvalue weighted by molar-refractivity contribution is 7.18. The molecule has 0 bridgehead atoms. The first-order valence-corrected chi connectivity index (χ1v) is 9.51. The molecule has 1 aliphatic heterocycles. The topological polar surface area (TPSA) is 37.6 Å². The molecule has 2 atom stereocenters. The van der Waals surface area contributed by atoms with Gasteiger partial charge in [0.25, 0.3) is 5.91 Å². The zero-order valence-corrected chi connectivity index (χ0v) is 15.3. The van der Waals surface area contributed by atoms with Crippen LogP contribution in [0.25, 0.3) is 10.2 Å². The highest BCUT2D eigenvalue weighted by atomic mass is 32.1. The predicted octanol–water partition coefficient (Wildman–Crippen LogP) is 2.46. The lowest BCUT2D eigenvalue weighted by atomic mass is 10.2. The molecule has 2 aromatic carbocycles. The quantitative estimate of drug-likeness (QED) is 0.783. The maximum Gasteiger partial charge on any atom is 0.282 e. The second kappa shape index (κ2) is 6.58. The highest BCUT2D eigenvalue weighted by Crippen LogP contribution is 2.27. The molecule has 1 aromatic heterocycles. The van der Waals surface area contributed by atoms with Gasteiger partial charge in [-0.3, -0.25) is 4.79 Å². The van der Waals surface area contributed by atoms with E-state index in [1.54, 1.807) is 11.3 Å². The summed E-state index contributed by atoms with van der Waals surface area (Å²) in [5, 5.41) is 1.09. The zero-order valence-electron chi connectivity index (χ0n) is 14.5. The molecule has 2 heterocycles. The number of hydrogen-bond acceptors (Lipinski definition) is 3. The zero-order chi connectivity index (χ0) is 17.4. The van der Waals surface area contributed by atoms with E-state index in [1.165, 1.54) is 15.2 Å². The molecule has 0 saturated heterocycles. The molecule has 1 aliphatic rings. The number of rotatable bonds is 4. The van der Waals surface area contributed by atoms with Gasteiger partial charge in [-0.2, -0.15) is 0 Å². The molecule has 0 saturated carbocycles. The van der Waals surface area contributed by atoms with Gasteiger partial charge < -0.3 is 9.80 Å². The van der Waals surface area contributed by atoms with E-state index in [-0.39, 0.29) is 11.9 Å². The summed E-state index contributed by atoms with van der Waals surface area (Å²) in [5.41, 5.74) is 3.39. The lowest BCUT2D eigenvalue weighted by Gasteiger charge is -2.23. The number of nitrogens with zero attached hydrogens (tertiary/aromatic N) is 2. The van der Waals surface area contributed by atoms with E-state index in [1.807, 2.05) is 41.3 Å². The van der Waals surface area contributed by atoms with Crippen LogP contribution in [0.1, 0.15) is 23.5 Å². The lowest BCUT2D eigenvalue weighted by molar-refractivity contribution is -0.902. The molecular formula is C20H22N3OS+. The van der Waals surface area contributed by atoms with Gasteiger partial charge >= 0.3 is 0 Å². The standard InChI is InChI=1S/C20H21N3OS/c1-14(20-21-16-8-4-6-10-18(16)25-20)22(2)13-19(24)23-12-11-15-7-3-5-9-17(15)23/h3-10,14H,11-13H2,1-2H3/p+1/t14-/m1/s1. The minimum atomic E-state index is 0.190. The van der Waals surface area contributed by atoms with Crippen LogP contribution in [0, 0.1) is 0 Å². The third-order valence-electron chi connectivity index (χ3n) is 5.04. The number of anilines is 1. The number of quaternary nitrogens is 1. The summed E-state index contributed by atoms with van der Waals surface area (Å²) in [6.45, 7) is 3.42. The molecular weight excluding hydrogens is 330 g/mol. The van der Waals surface area contributed by atoms with E-state index in [0.717, 1.165) is 29.2 Å². The summed E-state index contributed by atoms with van der Waals surface area (Å²) in [6.07, 6.45) is 0.953. The van der Waals surface area contributed by atoms with E-state index in [0.29, 0.717) is 6.54 Å². The number of carbonyl (C=O) groups is 1. The number of benzene rings is 2. The van der Waals surface area contributed by atoms with Gasteiger partial charge in [0.2, 0.25) is 0 Å². The van der Waals surface area contributed by atoms with Crippen LogP contribution < -0.4 is 9.80 Å². The van der Waals surface area contributed by atoms with Crippen molar-refractivity contribution in [1.82, 2.24) is 4.98 Å². The van der Waals surface area contributed by atoms with Crippen LogP contribution >= 0.6 is 11.3 Å². The Labute approximate surface area is 151 Å². The molecule has 1 unspecified atom stereocenters. The van der Waals surface area contributed by atoms with Crippen LogP contribution in [0.5, 0.6) is 0 Å². The van der Waals surface area contributed by atoms with Crippen LogP contribution in [0.2, 0.25) is 0 Å². The van der Waals surface area contributed by atoms with Crippen molar-refractivity contribution in [1.29, 1.82) is 0 Å². The second-order valence-corrected chi connectivity index (χ2v) is 7.75. The van der Waals surface area contributed by atoms with Crippen molar-refractivity contribution in [3.63, 3.8) is 0 Å². The van der Waals surface area contributed by atoms with Gasteiger partial charge in [-0.15, -0.1) is 11.3 Å². The van der Waals surface area contributed by atoms with E-state index in [4.69, 9.17) is 4.98 Å². The van der Waals surface area contributed by atoms with E-state index < -0.39 is 0 Å². The van der Waals surface area contributed by atoms with Gasteiger partial charge in [0.1, 0.15) is 6.04 Å². The van der Waals surface area contributed by atoms with Gasteiger partial charge in [-0.1, -0.05) is 30.3 Å². The first-order valence-electron chi connectivity index (χ1n) is 8.69. The molecule has 0 spiro atoms. The number of nitrogens with one attached hydrogen (secondary N) is 1. The molecule has 1 amide bonds. The van der Waals surface area contributed by atoms with Gasteiger partial charge in [-0.05, 0) is 37.1 Å². The smallest absolute Gasteiger partial charge is 0.282 e. The number of fused-ring (bicyclic) bond motifs is 2. The first-order chi connectivity index (χ1) is 12.1. The minimum absolute atomic E-state index is 0.190. The van der Waals surface area contributed by atoms with Crippen molar-refractivity contribution in [2.45, 2.75) is 19.4 Å². The average molecular weight is 352 g/mol. The fourth-order valence-electron chi connectivity index (χ4n) is 3.37. The predicted molar refractivity (Wildman–Crippen MR) is 102 cm³/mol. The van der Waals surface area contributed by atoms with Gasteiger partial charge in [-0.25, -0.2) is 4.98 Å². The SMILES string of the molecule is C[C@H](c1nc2ccccc2s1)[NH+](C)CC(=O)N1CCc2ccccc21. The Morgan fingerprint density at radius 2 is 2.00 bits per heavy atom. The highest BCUT2D eigenvalue weighted by Gasteiger charge is 2.28. The summed E-state index contributed by atoms with van der Waals surface area (Å²) in [6, 6.07) is 16.6. The molecule has 3 aromatic rings. The molecule has 0 radical (unpaired) electrons. The van der Waals surface area contributed by atoms with Crippen LogP contribution in [-0.2, 0) is 11.2 Å². The molecule has 128 valence electrons. The van der Waals surface area contributed by atoms with E-state index >= 15 is 0 Å². The Hall–Kier alpha value is -2.24. The lowest BCUT2D eigenvalue weighted by Crippen LogP contribution is -3.10. The number of carbonyl (C=O) groups excluding carboxylic acids is 1. The number of hydrogen-bond donors (Lipinski definition) is 1. The third-order valence-corrected chi connectivity index (χ3v) is 6.26. The summed E-state index contributed by atoms with van der Waals surface area (Å²) >= 11 is 1.72. The molecule has 0 aliphatic carbocycles. The number of likely N-dealkylation sites (N-methyl/N-ethyl adjacent to an activating group) is 1. The fraction of sp³-hybridized carbons (Fsp3) is 0.300. The van der Waals surface area contributed by atoms with Crippen LogP contribution in [0.4, 0.5) is 5.69 Å². The third kappa shape index (κ3) is 3.05. The maximum absolute atomic E-state index is 12.8. The normalized spacial score (nSPS) is 16.0. The van der Waals surface area contributed by atoms with Crippen molar-refractivity contribution in [3.05, 3.63) is 59.1 Å². The first kappa shape index (κ1) is 16.2. The Morgan fingerprint density at radius 1 is 1.24 bits per heavy atom. The second-order valence-electron chi connectivity index (χ2n) is 6.69. The number of aromatic nitrogens is 1. The fourth-order valence-corrected chi connectivity index (χ4v) is 4.48. The van der Waals surface area contributed by atoms with Gasteiger partial charge in [0.05, 0.1) is 17.3 Å². The maximum atomic E-state index is 12.8. The van der Waals surface area contributed by atoms with Crippen LogP contribution in [0.3, 0.4) is 0 Å². The molecule has 5 heteroatoms. The Morgan fingerprint density at radius 3 is 2.84 bits per heavy atom. The van der Waals surface area contributed by atoms with Crippen LogP contribution in [-0.4, -0.2) is 31.0 Å². The van der Waals surface area contributed by atoms with Crippen molar-refractivity contribution in [2.24, 2.45) is 0 Å². The average Bonchev–Trinajstić information content (AvgIpc) is 3.24. The van der Waals surface area contributed by atoms with Crippen molar-refractivity contribution in [3.8, 4) is 0 Å². The summed E-state index contributed by atoms with van der Waals surface area (Å²) < 4.78 is 1.21. The van der Waals surface area contributed by atoms with Crippen molar-refractivity contribution >= 4 is 33.1 Å². The van der Waals surface area contributed by atoms with Gasteiger partial charge in [0.15, 0.2) is 11.6 Å². The molecule has 4 nitrogen and oxygen atoms in total. The Bertz CT molecular complexity index is 887. The van der Waals surface area contributed by atoms with Gasteiger partial charge in [0, 0.05) is 12.2 Å².